The Morgan fingerprint density at radius 3 is 2.67 bits per heavy atom. The Kier molecular flexibility index (Phi) is 4.55. The quantitative estimate of drug-likeness (QED) is 0.615. The van der Waals surface area contributed by atoms with Gasteiger partial charge in [-0.1, -0.05) is 6.42 Å². The predicted octanol–water partition coefficient (Wildman–Crippen LogP) is 1.81. The Morgan fingerprint density at radius 1 is 1.24 bits per heavy atom. The first-order valence-corrected chi connectivity index (χ1v) is 7.98. The molecule has 2 aliphatic rings. The number of nitrogens with zero attached hydrogens (tertiary/aromatic N) is 3. The van der Waals surface area contributed by atoms with Gasteiger partial charge in [-0.15, -0.1) is 0 Å². The molecular formula is C15H25N5O. The normalized spacial score (nSPS) is 19.5. The van der Waals surface area contributed by atoms with E-state index in [0.717, 1.165) is 17.9 Å². The predicted molar refractivity (Wildman–Crippen MR) is 82.3 cm³/mol. The highest BCUT2D eigenvalue weighted by Crippen LogP contribution is 2.39. The summed E-state index contributed by atoms with van der Waals surface area (Å²) in [6.07, 6.45) is 6.30. The van der Waals surface area contributed by atoms with Gasteiger partial charge in [-0.2, -0.15) is 4.98 Å². The van der Waals surface area contributed by atoms with E-state index in [1.165, 1.54) is 45.2 Å². The van der Waals surface area contributed by atoms with Gasteiger partial charge in [0.05, 0.1) is 5.56 Å². The molecular weight excluding hydrogens is 266 g/mol. The third-order valence-electron chi connectivity index (χ3n) is 4.29. The zero-order valence-corrected chi connectivity index (χ0v) is 12.8. The largest absolute Gasteiger partial charge is 0.476 e. The van der Waals surface area contributed by atoms with E-state index in [-0.39, 0.29) is 0 Å². The fourth-order valence-electron chi connectivity index (χ4n) is 2.77. The number of aromatic nitrogens is 2. The summed E-state index contributed by atoms with van der Waals surface area (Å²) in [5, 5.41) is 0. The summed E-state index contributed by atoms with van der Waals surface area (Å²) in [7, 11) is 0. The lowest BCUT2D eigenvalue weighted by atomic mass is 10.1. The van der Waals surface area contributed by atoms with Gasteiger partial charge in [0.1, 0.15) is 18.2 Å². The first-order chi connectivity index (χ1) is 10.3. The van der Waals surface area contributed by atoms with Crippen LogP contribution in [0.2, 0.25) is 0 Å². The molecule has 3 N–H and O–H groups in total. The van der Waals surface area contributed by atoms with Gasteiger partial charge in [0, 0.05) is 12.5 Å². The van der Waals surface area contributed by atoms with Crippen LogP contribution >= 0.6 is 0 Å². The number of hydrogen-bond donors (Lipinski definition) is 2. The molecule has 0 amide bonds. The van der Waals surface area contributed by atoms with E-state index in [0.29, 0.717) is 24.2 Å². The van der Waals surface area contributed by atoms with Crippen molar-refractivity contribution in [2.45, 2.75) is 44.9 Å². The molecule has 1 aromatic heterocycles. The van der Waals surface area contributed by atoms with Gasteiger partial charge in [0.2, 0.25) is 5.88 Å². The van der Waals surface area contributed by atoms with E-state index in [4.69, 9.17) is 10.6 Å². The molecule has 1 saturated heterocycles. The molecule has 1 saturated carbocycles. The molecule has 1 aliphatic heterocycles. The Hall–Kier alpha value is -1.40. The van der Waals surface area contributed by atoms with E-state index in [9.17, 15) is 0 Å². The molecule has 0 radical (unpaired) electrons. The maximum atomic E-state index is 5.91. The fourth-order valence-corrected chi connectivity index (χ4v) is 2.77. The summed E-state index contributed by atoms with van der Waals surface area (Å²) in [5.41, 5.74) is 3.55. The van der Waals surface area contributed by atoms with Gasteiger partial charge < -0.3 is 10.2 Å². The average Bonchev–Trinajstić information content (AvgIpc) is 3.35. The lowest BCUT2D eigenvalue weighted by molar-refractivity contribution is 0.180. The number of anilines is 1. The van der Waals surface area contributed by atoms with Crippen LogP contribution in [0, 0.1) is 6.92 Å². The average molecular weight is 291 g/mol. The number of nitrogen functional groups attached to an aromatic ring is 1. The number of nitrogens with two attached hydrogens (primary N) is 1. The van der Waals surface area contributed by atoms with Gasteiger partial charge in [-0.25, -0.2) is 10.8 Å². The van der Waals surface area contributed by atoms with E-state index in [2.05, 4.69) is 20.3 Å². The molecule has 6 nitrogen and oxygen atoms in total. The summed E-state index contributed by atoms with van der Waals surface area (Å²) in [6, 6.07) is 0. The minimum atomic E-state index is 0.488. The van der Waals surface area contributed by atoms with Crippen molar-refractivity contribution in [3.63, 3.8) is 0 Å². The summed E-state index contributed by atoms with van der Waals surface area (Å²) in [5.74, 6) is 8.26. The zero-order chi connectivity index (χ0) is 14.7. The Balaban J connectivity index is 1.61. The van der Waals surface area contributed by atoms with Crippen molar-refractivity contribution in [2.75, 3.05) is 31.7 Å². The molecule has 0 aromatic carbocycles. The van der Waals surface area contributed by atoms with Crippen molar-refractivity contribution in [3.8, 4) is 5.88 Å². The van der Waals surface area contributed by atoms with Crippen LogP contribution in [-0.4, -0.2) is 41.1 Å². The van der Waals surface area contributed by atoms with Crippen molar-refractivity contribution in [3.05, 3.63) is 11.4 Å². The monoisotopic (exact) mass is 291 g/mol. The van der Waals surface area contributed by atoms with Crippen LogP contribution < -0.4 is 16.0 Å². The number of hydrogen-bond acceptors (Lipinski definition) is 6. The number of nitrogens with one attached hydrogen (secondary N) is 1. The van der Waals surface area contributed by atoms with E-state index in [1.54, 1.807) is 0 Å². The maximum Gasteiger partial charge on any atom is 0.221 e. The summed E-state index contributed by atoms with van der Waals surface area (Å²) < 4.78 is 5.91. The topological polar surface area (TPSA) is 76.3 Å². The lowest BCUT2D eigenvalue weighted by Gasteiger charge is -2.26. The van der Waals surface area contributed by atoms with Gasteiger partial charge in [0.25, 0.3) is 0 Å². The van der Waals surface area contributed by atoms with Crippen LogP contribution in [0.1, 0.15) is 49.4 Å². The van der Waals surface area contributed by atoms with Crippen LogP contribution in [0.3, 0.4) is 0 Å². The third kappa shape index (κ3) is 3.63. The maximum absolute atomic E-state index is 5.91. The van der Waals surface area contributed by atoms with E-state index in [1.807, 2.05) is 6.92 Å². The molecule has 1 aromatic rings. The van der Waals surface area contributed by atoms with Crippen LogP contribution in [0.15, 0.2) is 0 Å². The SMILES string of the molecule is Cc1c(NN)nc(C2CC2)nc1OCCN1CCCCC1. The molecule has 0 atom stereocenters. The standard InChI is InChI=1S/C15H25N5O/c1-11-13(19-16)17-14(12-5-6-12)18-15(11)21-10-9-20-7-3-2-4-8-20/h12H,2-10,16H2,1H3,(H,17,18,19). The Morgan fingerprint density at radius 2 is 2.00 bits per heavy atom. The molecule has 116 valence electrons. The van der Waals surface area contributed by atoms with Gasteiger partial charge in [-0.3, -0.25) is 4.90 Å². The highest BCUT2D eigenvalue weighted by atomic mass is 16.5. The van der Waals surface area contributed by atoms with Crippen LogP contribution in [0.5, 0.6) is 5.88 Å². The summed E-state index contributed by atoms with van der Waals surface area (Å²) in [4.78, 5) is 11.5. The van der Waals surface area contributed by atoms with E-state index < -0.39 is 0 Å². The number of hydrazine groups is 1. The highest BCUT2D eigenvalue weighted by Gasteiger charge is 2.28. The van der Waals surface area contributed by atoms with Crippen molar-refractivity contribution in [2.24, 2.45) is 5.84 Å². The number of ether oxygens (including phenoxy) is 1. The van der Waals surface area contributed by atoms with Crippen molar-refractivity contribution in [1.82, 2.24) is 14.9 Å². The van der Waals surface area contributed by atoms with Crippen LogP contribution in [0.4, 0.5) is 5.82 Å². The fraction of sp³-hybridized carbons (Fsp3) is 0.733. The van der Waals surface area contributed by atoms with Crippen molar-refractivity contribution in [1.29, 1.82) is 0 Å². The highest BCUT2D eigenvalue weighted by molar-refractivity contribution is 5.48. The molecule has 0 unspecified atom stereocenters. The molecule has 6 heteroatoms. The number of piperidine rings is 1. The van der Waals surface area contributed by atoms with Gasteiger partial charge in [0.15, 0.2) is 0 Å². The molecule has 3 rings (SSSR count). The Labute approximate surface area is 126 Å². The third-order valence-corrected chi connectivity index (χ3v) is 4.29. The minimum Gasteiger partial charge on any atom is -0.476 e. The molecule has 2 heterocycles. The second kappa shape index (κ2) is 6.58. The molecule has 1 aliphatic carbocycles. The van der Waals surface area contributed by atoms with E-state index >= 15 is 0 Å². The second-order valence-electron chi connectivity index (χ2n) is 6.03. The van der Waals surface area contributed by atoms with Crippen molar-refractivity contribution < 1.29 is 4.74 Å². The smallest absolute Gasteiger partial charge is 0.221 e. The van der Waals surface area contributed by atoms with Crippen LogP contribution in [-0.2, 0) is 0 Å². The van der Waals surface area contributed by atoms with Crippen molar-refractivity contribution >= 4 is 5.82 Å². The minimum absolute atomic E-state index is 0.488. The molecule has 2 fully saturated rings. The zero-order valence-electron chi connectivity index (χ0n) is 12.8. The van der Waals surface area contributed by atoms with Gasteiger partial charge in [-0.05, 0) is 45.7 Å². The van der Waals surface area contributed by atoms with Gasteiger partial charge >= 0.3 is 0 Å². The first-order valence-electron chi connectivity index (χ1n) is 7.98. The molecule has 0 bridgehead atoms. The lowest BCUT2D eigenvalue weighted by Crippen LogP contribution is -2.33. The summed E-state index contributed by atoms with van der Waals surface area (Å²) >= 11 is 0. The summed E-state index contributed by atoms with van der Waals surface area (Å²) in [6.45, 7) is 5.96. The molecule has 0 spiro atoms. The molecule has 21 heavy (non-hydrogen) atoms. The number of likely N-dealkylation sites (tertiary alicyclic amines) is 1. The first kappa shape index (κ1) is 14.5. The number of rotatable bonds is 6. The second-order valence-corrected chi connectivity index (χ2v) is 6.03. The Bertz CT molecular complexity index is 483. The van der Waals surface area contributed by atoms with Crippen LogP contribution in [0.25, 0.3) is 0 Å².